The highest BCUT2D eigenvalue weighted by atomic mass is 16.3. The van der Waals surface area contributed by atoms with E-state index in [1.807, 2.05) is 0 Å². The Balaban J connectivity index is 0.000000200. The van der Waals surface area contributed by atoms with Crippen LogP contribution in [0.15, 0.2) is 35.4 Å². The number of phenolic OH excluding ortho intramolecular Hbond substituents is 2. The van der Waals surface area contributed by atoms with E-state index in [4.69, 9.17) is 5.11 Å². The average Bonchev–Trinajstić information content (AvgIpc) is 2.33. The van der Waals surface area contributed by atoms with Crippen LogP contribution in [0.1, 0.15) is 25.0 Å². The highest BCUT2D eigenvalue weighted by molar-refractivity contribution is 6.19. The molecule has 1 aromatic rings. The smallest absolute Gasteiger partial charge is 0.184 e. The van der Waals surface area contributed by atoms with Crippen molar-refractivity contribution in [3.8, 4) is 11.5 Å². The molecule has 0 unspecified atom stereocenters. The summed E-state index contributed by atoms with van der Waals surface area (Å²) >= 11 is 0. The summed E-state index contributed by atoms with van der Waals surface area (Å²) < 4.78 is 0. The Kier molecular flexibility index (Phi) is 4.86. The van der Waals surface area contributed by atoms with Crippen LogP contribution in [0.2, 0.25) is 0 Å². The fraction of sp³-hybridized carbons (Fsp3) is 0.250. The Bertz CT molecular complexity index is 574. The number of rotatable bonds is 0. The molecule has 4 nitrogen and oxygen atoms in total. The molecule has 0 radical (unpaired) electrons. The zero-order chi connectivity index (χ0) is 15.4. The summed E-state index contributed by atoms with van der Waals surface area (Å²) in [7, 11) is 0. The molecule has 106 valence electrons. The van der Waals surface area contributed by atoms with Gasteiger partial charge in [-0.05, 0) is 63.1 Å². The topological polar surface area (TPSA) is 74.6 Å². The summed E-state index contributed by atoms with van der Waals surface area (Å²) in [5.41, 5.74) is 2.48. The second-order valence-electron chi connectivity index (χ2n) is 4.81. The number of allylic oxidation sites excluding steroid dienone is 4. The third-order valence-corrected chi connectivity index (χ3v) is 2.91. The lowest BCUT2D eigenvalue weighted by Gasteiger charge is -2.04. The van der Waals surface area contributed by atoms with E-state index in [1.165, 1.54) is 24.3 Å². The SMILES string of the molecule is CC1=CC(=O)C=C(C)C1=O.Cc1cc(O)cc(C)c1O. The van der Waals surface area contributed by atoms with Crippen molar-refractivity contribution in [1.82, 2.24) is 0 Å². The van der Waals surface area contributed by atoms with E-state index in [0.29, 0.717) is 22.3 Å². The third-order valence-electron chi connectivity index (χ3n) is 2.91. The van der Waals surface area contributed by atoms with E-state index in [-0.39, 0.29) is 23.1 Å². The predicted octanol–water partition coefficient (Wildman–Crippen LogP) is 2.75. The van der Waals surface area contributed by atoms with Crippen LogP contribution < -0.4 is 0 Å². The molecule has 0 aliphatic heterocycles. The van der Waals surface area contributed by atoms with Gasteiger partial charge in [0.1, 0.15) is 11.5 Å². The van der Waals surface area contributed by atoms with Gasteiger partial charge < -0.3 is 10.2 Å². The lowest BCUT2D eigenvalue weighted by atomic mass is 9.99. The van der Waals surface area contributed by atoms with Gasteiger partial charge in [0.05, 0.1) is 0 Å². The van der Waals surface area contributed by atoms with Crippen LogP contribution in [0.3, 0.4) is 0 Å². The van der Waals surface area contributed by atoms with Gasteiger partial charge >= 0.3 is 0 Å². The molecule has 0 fully saturated rings. The first-order chi connectivity index (χ1) is 9.22. The van der Waals surface area contributed by atoms with Gasteiger partial charge in [-0.15, -0.1) is 0 Å². The first-order valence-corrected chi connectivity index (χ1v) is 6.16. The van der Waals surface area contributed by atoms with Crippen molar-refractivity contribution < 1.29 is 19.8 Å². The van der Waals surface area contributed by atoms with E-state index < -0.39 is 0 Å². The second-order valence-corrected chi connectivity index (χ2v) is 4.81. The molecule has 0 aromatic heterocycles. The Hall–Kier alpha value is -2.36. The molecule has 2 N–H and O–H groups in total. The fourth-order valence-corrected chi connectivity index (χ4v) is 1.84. The lowest BCUT2D eigenvalue weighted by Crippen LogP contribution is -2.09. The van der Waals surface area contributed by atoms with E-state index in [9.17, 15) is 14.7 Å². The first kappa shape index (κ1) is 15.7. The number of ketones is 2. The summed E-state index contributed by atoms with van der Waals surface area (Å²) in [4.78, 5) is 21.7. The number of benzene rings is 1. The second kappa shape index (κ2) is 6.19. The van der Waals surface area contributed by atoms with Gasteiger partial charge in [0.2, 0.25) is 0 Å². The summed E-state index contributed by atoms with van der Waals surface area (Å²) in [6.07, 6.45) is 2.71. The maximum absolute atomic E-state index is 11.0. The molecule has 2 rings (SSSR count). The lowest BCUT2D eigenvalue weighted by molar-refractivity contribution is -0.115. The minimum Gasteiger partial charge on any atom is -0.508 e. The van der Waals surface area contributed by atoms with Gasteiger partial charge in [0.15, 0.2) is 11.6 Å². The number of carbonyl (C=O) groups is 2. The number of hydrogen-bond donors (Lipinski definition) is 2. The summed E-state index contributed by atoms with van der Waals surface area (Å²) in [5.74, 6) is 0.347. The van der Waals surface area contributed by atoms with Gasteiger partial charge in [-0.1, -0.05) is 0 Å². The van der Waals surface area contributed by atoms with Crippen molar-refractivity contribution in [2.75, 3.05) is 0 Å². The Morgan fingerprint density at radius 1 is 0.800 bits per heavy atom. The minimum absolute atomic E-state index is 0.0281. The van der Waals surface area contributed by atoms with E-state index in [1.54, 1.807) is 27.7 Å². The van der Waals surface area contributed by atoms with E-state index in [2.05, 4.69) is 0 Å². The van der Waals surface area contributed by atoms with Gasteiger partial charge in [-0.25, -0.2) is 0 Å². The van der Waals surface area contributed by atoms with Crippen LogP contribution in [-0.4, -0.2) is 21.8 Å². The molecule has 0 bridgehead atoms. The summed E-state index contributed by atoms with van der Waals surface area (Å²) in [5, 5.41) is 18.2. The van der Waals surface area contributed by atoms with Gasteiger partial charge in [-0.2, -0.15) is 0 Å². The molecule has 4 heteroatoms. The molecule has 0 saturated heterocycles. The highest BCUT2D eigenvalue weighted by Gasteiger charge is 2.13. The predicted molar refractivity (Wildman–Crippen MR) is 76.8 cm³/mol. The van der Waals surface area contributed by atoms with Gasteiger partial charge in [-0.3, -0.25) is 9.59 Å². The molecule has 0 atom stereocenters. The van der Waals surface area contributed by atoms with Crippen molar-refractivity contribution in [2.24, 2.45) is 0 Å². The first-order valence-electron chi connectivity index (χ1n) is 6.16. The van der Waals surface area contributed by atoms with Crippen LogP contribution in [0.25, 0.3) is 0 Å². The number of phenols is 2. The standard InChI is InChI=1S/C8H10O2.C8H8O2/c2*1-5-3-7(9)4-6(2)8(5)10/h3-4,9-10H,1-2H3;3-4H,1-2H3. The molecular weight excluding hydrogens is 256 g/mol. The van der Waals surface area contributed by atoms with Crippen LogP contribution >= 0.6 is 0 Å². The van der Waals surface area contributed by atoms with Crippen molar-refractivity contribution in [2.45, 2.75) is 27.7 Å². The Labute approximate surface area is 118 Å². The number of aryl methyl sites for hydroxylation is 2. The van der Waals surface area contributed by atoms with E-state index in [0.717, 1.165) is 0 Å². The fourth-order valence-electron chi connectivity index (χ4n) is 1.84. The molecule has 0 spiro atoms. The molecule has 0 heterocycles. The zero-order valence-electron chi connectivity index (χ0n) is 12.0. The number of aromatic hydroxyl groups is 2. The Morgan fingerprint density at radius 3 is 1.60 bits per heavy atom. The third kappa shape index (κ3) is 3.82. The normalized spacial score (nSPS) is 14.2. The van der Waals surface area contributed by atoms with Crippen molar-refractivity contribution >= 4 is 11.6 Å². The Morgan fingerprint density at radius 2 is 1.20 bits per heavy atom. The largest absolute Gasteiger partial charge is 0.508 e. The van der Waals surface area contributed by atoms with Crippen molar-refractivity contribution in [3.63, 3.8) is 0 Å². The average molecular weight is 274 g/mol. The van der Waals surface area contributed by atoms with Crippen LogP contribution in [0.4, 0.5) is 0 Å². The highest BCUT2D eigenvalue weighted by Crippen LogP contribution is 2.25. The minimum atomic E-state index is -0.0883. The molecule has 0 saturated carbocycles. The number of hydrogen-bond acceptors (Lipinski definition) is 4. The van der Waals surface area contributed by atoms with Crippen molar-refractivity contribution in [1.29, 1.82) is 0 Å². The molecule has 1 aliphatic rings. The molecule has 20 heavy (non-hydrogen) atoms. The van der Waals surface area contributed by atoms with Gasteiger partial charge in [0.25, 0.3) is 0 Å². The van der Waals surface area contributed by atoms with Crippen molar-refractivity contribution in [3.05, 3.63) is 46.6 Å². The summed E-state index contributed by atoms with van der Waals surface area (Å²) in [6, 6.07) is 3.06. The van der Waals surface area contributed by atoms with Crippen LogP contribution in [0.5, 0.6) is 11.5 Å². The van der Waals surface area contributed by atoms with Crippen LogP contribution in [-0.2, 0) is 9.59 Å². The van der Waals surface area contributed by atoms with Gasteiger partial charge in [0, 0.05) is 11.1 Å². The maximum atomic E-state index is 11.0. The zero-order valence-corrected chi connectivity index (χ0v) is 12.0. The number of carbonyl (C=O) groups excluding carboxylic acids is 2. The molecule has 0 amide bonds. The molecule has 1 aliphatic carbocycles. The number of Topliss-reactive ketones (excluding diaryl/α,β-unsaturated/α-hetero) is 1. The molecule has 1 aromatic carbocycles. The molecular formula is C16H18O4. The maximum Gasteiger partial charge on any atom is 0.184 e. The quantitative estimate of drug-likeness (QED) is 0.563. The van der Waals surface area contributed by atoms with Crippen LogP contribution in [0, 0.1) is 13.8 Å². The monoisotopic (exact) mass is 274 g/mol. The van der Waals surface area contributed by atoms with E-state index >= 15 is 0 Å². The summed E-state index contributed by atoms with van der Waals surface area (Å²) in [6.45, 7) is 6.80.